The summed E-state index contributed by atoms with van der Waals surface area (Å²) in [5.74, 6) is -0.171. The Bertz CT molecular complexity index is 966. The number of aryl methyl sites for hydroxylation is 1. The summed E-state index contributed by atoms with van der Waals surface area (Å²) < 4.78 is 46.3. The lowest BCUT2D eigenvalue weighted by atomic mass is 10.1. The summed E-state index contributed by atoms with van der Waals surface area (Å²) in [4.78, 5) is 0. The van der Waals surface area contributed by atoms with Crippen LogP contribution in [0.2, 0.25) is 0 Å². The van der Waals surface area contributed by atoms with E-state index in [1.54, 1.807) is 19.9 Å². The van der Waals surface area contributed by atoms with Crippen LogP contribution in [0.15, 0.2) is 48.5 Å². The first-order chi connectivity index (χ1) is 14.1. The number of rotatable bonds is 8. The summed E-state index contributed by atoms with van der Waals surface area (Å²) in [7, 11) is 0. The first-order valence-electron chi connectivity index (χ1n) is 9.66. The Morgan fingerprint density at radius 2 is 1.73 bits per heavy atom. The molecule has 1 aromatic heterocycles. The third kappa shape index (κ3) is 5.79. The van der Waals surface area contributed by atoms with E-state index in [1.165, 1.54) is 23.0 Å². The predicted molar refractivity (Wildman–Crippen MR) is 112 cm³/mol. The van der Waals surface area contributed by atoms with E-state index < -0.39 is 17.3 Å². The summed E-state index contributed by atoms with van der Waals surface area (Å²) >= 11 is 1.19. The van der Waals surface area contributed by atoms with Gasteiger partial charge in [-0.3, -0.25) is 0 Å². The van der Waals surface area contributed by atoms with Crippen LogP contribution in [0.25, 0.3) is 10.6 Å². The maximum absolute atomic E-state index is 13.6. The molecule has 0 amide bonds. The van der Waals surface area contributed by atoms with Gasteiger partial charge in [-0.05, 0) is 56.9 Å². The van der Waals surface area contributed by atoms with Gasteiger partial charge in [0, 0.05) is 5.56 Å². The summed E-state index contributed by atoms with van der Waals surface area (Å²) in [5.41, 5.74) is 6.02. The Labute approximate surface area is 177 Å². The van der Waals surface area contributed by atoms with Crippen LogP contribution in [0.5, 0.6) is 5.75 Å². The van der Waals surface area contributed by atoms with Gasteiger partial charge in [0.1, 0.15) is 15.8 Å². The maximum Gasteiger partial charge on any atom is 0.419 e. The zero-order valence-corrected chi connectivity index (χ0v) is 17.7. The van der Waals surface area contributed by atoms with Gasteiger partial charge in [0.15, 0.2) is 0 Å². The molecule has 0 unspecified atom stereocenters. The highest BCUT2D eigenvalue weighted by Gasteiger charge is 2.35. The van der Waals surface area contributed by atoms with Crippen LogP contribution in [0.4, 0.5) is 13.2 Å². The summed E-state index contributed by atoms with van der Waals surface area (Å²) in [6.07, 6.45) is -2.16. The summed E-state index contributed by atoms with van der Waals surface area (Å²) in [5, 5.41) is 8.96. The molecule has 30 heavy (non-hydrogen) atoms. The average molecular weight is 436 g/mol. The smallest absolute Gasteiger partial charge is 0.419 e. The van der Waals surface area contributed by atoms with Crippen molar-refractivity contribution in [2.24, 2.45) is 5.73 Å². The van der Waals surface area contributed by atoms with Crippen molar-refractivity contribution >= 4 is 11.3 Å². The molecule has 2 aromatic carbocycles. The average Bonchev–Trinajstić information content (AvgIpc) is 3.19. The molecule has 0 spiro atoms. The minimum absolute atomic E-state index is 0.171. The number of hydrogen-bond donors (Lipinski definition) is 1. The molecular weight excluding hydrogens is 411 g/mol. The van der Waals surface area contributed by atoms with E-state index in [0.717, 1.165) is 18.9 Å². The van der Waals surface area contributed by atoms with Crippen LogP contribution in [0, 0.1) is 0 Å². The van der Waals surface area contributed by atoms with Gasteiger partial charge in [-0.1, -0.05) is 41.7 Å². The normalized spacial score (nSPS) is 12.2. The van der Waals surface area contributed by atoms with E-state index >= 15 is 0 Å². The van der Waals surface area contributed by atoms with E-state index in [4.69, 9.17) is 10.5 Å². The van der Waals surface area contributed by atoms with Crippen LogP contribution in [-0.2, 0) is 18.1 Å². The number of aromatic nitrogens is 2. The molecule has 1 heterocycles. The van der Waals surface area contributed by atoms with Crippen molar-refractivity contribution in [3.8, 4) is 16.3 Å². The van der Waals surface area contributed by atoms with Crippen LogP contribution in [-0.4, -0.2) is 16.8 Å². The Kier molecular flexibility index (Phi) is 6.77. The van der Waals surface area contributed by atoms with Crippen LogP contribution >= 0.6 is 11.3 Å². The Hall–Kier alpha value is -2.45. The molecule has 0 atom stereocenters. The molecule has 8 heteroatoms. The SMILES string of the molecule is CC(C)(N)c1nnc(-c2ccc(OCCCCc3ccccc3)c(C(F)(F)F)c2)s1. The van der Waals surface area contributed by atoms with Crippen molar-refractivity contribution < 1.29 is 17.9 Å². The fourth-order valence-electron chi connectivity index (χ4n) is 2.87. The molecule has 0 bridgehead atoms. The first kappa shape index (κ1) is 22.2. The molecule has 3 rings (SSSR count). The standard InChI is InChI=1S/C22H24F3N3OS/c1-21(2,26)20-28-27-19(30-20)16-11-12-18(17(14-16)22(23,24)25)29-13-7-6-10-15-8-4-3-5-9-15/h3-5,8-9,11-12,14H,6-7,10,13,26H2,1-2H3. The molecule has 0 radical (unpaired) electrons. The van der Waals surface area contributed by atoms with Crippen LogP contribution < -0.4 is 10.5 Å². The van der Waals surface area contributed by atoms with Crippen molar-refractivity contribution in [1.29, 1.82) is 0 Å². The topological polar surface area (TPSA) is 61.0 Å². The number of nitrogens with two attached hydrogens (primary N) is 1. The van der Waals surface area contributed by atoms with Gasteiger partial charge in [0.2, 0.25) is 0 Å². The molecule has 0 saturated heterocycles. The first-order valence-corrected chi connectivity index (χ1v) is 10.5. The predicted octanol–water partition coefficient (Wildman–Crippen LogP) is 5.82. The van der Waals surface area contributed by atoms with Crippen molar-refractivity contribution in [1.82, 2.24) is 10.2 Å². The molecule has 0 saturated carbocycles. The highest BCUT2D eigenvalue weighted by molar-refractivity contribution is 7.14. The number of nitrogens with zero attached hydrogens (tertiary/aromatic N) is 2. The largest absolute Gasteiger partial charge is 0.493 e. The molecule has 3 aromatic rings. The quantitative estimate of drug-likeness (QED) is 0.453. The van der Waals surface area contributed by atoms with Gasteiger partial charge in [0.25, 0.3) is 0 Å². The lowest BCUT2D eigenvalue weighted by Gasteiger charge is -2.15. The van der Waals surface area contributed by atoms with Crippen molar-refractivity contribution in [2.75, 3.05) is 6.61 Å². The van der Waals surface area contributed by atoms with E-state index in [0.29, 0.717) is 22.0 Å². The number of unbranched alkanes of at least 4 members (excludes halogenated alkanes) is 1. The molecule has 0 aliphatic heterocycles. The molecule has 160 valence electrons. The van der Waals surface area contributed by atoms with Crippen LogP contribution in [0.3, 0.4) is 0 Å². The molecule has 0 fully saturated rings. The Morgan fingerprint density at radius 1 is 1.00 bits per heavy atom. The van der Waals surface area contributed by atoms with Crippen molar-refractivity contribution in [3.63, 3.8) is 0 Å². The van der Waals surface area contributed by atoms with E-state index in [-0.39, 0.29) is 12.4 Å². The lowest BCUT2D eigenvalue weighted by Crippen LogP contribution is -2.28. The second kappa shape index (κ2) is 9.14. The van der Waals surface area contributed by atoms with Crippen molar-refractivity contribution in [3.05, 3.63) is 64.7 Å². The molecule has 0 aliphatic carbocycles. The summed E-state index contributed by atoms with van der Waals surface area (Å²) in [6, 6.07) is 13.9. The lowest BCUT2D eigenvalue weighted by molar-refractivity contribution is -0.138. The monoisotopic (exact) mass is 435 g/mol. The highest BCUT2D eigenvalue weighted by atomic mass is 32.1. The molecular formula is C22H24F3N3OS. The maximum atomic E-state index is 13.6. The third-order valence-electron chi connectivity index (χ3n) is 4.47. The van der Waals surface area contributed by atoms with Crippen LogP contribution in [0.1, 0.15) is 42.8 Å². The number of halogens is 3. The minimum Gasteiger partial charge on any atom is -0.493 e. The second-order valence-electron chi connectivity index (χ2n) is 7.63. The van der Waals surface area contributed by atoms with Gasteiger partial charge in [-0.25, -0.2) is 0 Å². The third-order valence-corrected chi connectivity index (χ3v) is 5.78. The number of alkyl halides is 3. The van der Waals surface area contributed by atoms with E-state index in [9.17, 15) is 13.2 Å². The Morgan fingerprint density at radius 3 is 2.37 bits per heavy atom. The van der Waals surface area contributed by atoms with Gasteiger partial charge in [0.05, 0.1) is 17.7 Å². The van der Waals surface area contributed by atoms with Gasteiger partial charge >= 0.3 is 6.18 Å². The van der Waals surface area contributed by atoms with Gasteiger partial charge in [-0.2, -0.15) is 13.2 Å². The molecule has 2 N–H and O–H groups in total. The van der Waals surface area contributed by atoms with E-state index in [2.05, 4.69) is 10.2 Å². The second-order valence-corrected chi connectivity index (χ2v) is 8.61. The fourth-order valence-corrected chi connectivity index (χ4v) is 3.72. The molecule has 4 nitrogen and oxygen atoms in total. The minimum atomic E-state index is -4.53. The number of ether oxygens (including phenoxy) is 1. The molecule has 0 aliphatic rings. The van der Waals surface area contributed by atoms with Gasteiger partial charge in [-0.15, -0.1) is 10.2 Å². The fraction of sp³-hybridized carbons (Fsp3) is 0.364. The zero-order chi connectivity index (χ0) is 21.8. The van der Waals surface area contributed by atoms with E-state index in [1.807, 2.05) is 30.3 Å². The summed E-state index contributed by atoms with van der Waals surface area (Å²) in [6.45, 7) is 3.76. The highest BCUT2D eigenvalue weighted by Crippen LogP contribution is 2.39. The Balaban J connectivity index is 1.68. The number of benzene rings is 2. The van der Waals surface area contributed by atoms with Gasteiger partial charge < -0.3 is 10.5 Å². The zero-order valence-electron chi connectivity index (χ0n) is 16.9. The number of hydrogen-bond acceptors (Lipinski definition) is 5. The van der Waals surface area contributed by atoms with Crippen molar-refractivity contribution in [2.45, 2.75) is 44.8 Å².